The lowest BCUT2D eigenvalue weighted by molar-refractivity contribution is -0.137. The number of anilines is 2. The first kappa shape index (κ1) is 13.7. The van der Waals surface area contributed by atoms with Gasteiger partial charge in [-0.1, -0.05) is 6.58 Å². The Morgan fingerprint density at radius 3 is 2.90 bits per heavy atom. The van der Waals surface area contributed by atoms with E-state index in [1.165, 1.54) is 6.08 Å². The van der Waals surface area contributed by atoms with Gasteiger partial charge in [0.15, 0.2) is 5.82 Å². The molecule has 21 heavy (non-hydrogen) atoms. The summed E-state index contributed by atoms with van der Waals surface area (Å²) in [6, 6.07) is 1.06. The van der Waals surface area contributed by atoms with Crippen molar-refractivity contribution in [1.29, 1.82) is 0 Å². The Morgan fingerprint density at radius 2 is 2.24 bits per heavy atom. The molecule has 0 bridgehead atoms. The number of pyridine rings is 1. The summed E-state index contributed by atoms with van der Waals surface area (Å²) in [4.78, 5) is 19.0. The second-order valence-electron chi connectivity index (χ2n) is 4.93. The minimum absolute atomic E-state index is 0.184. The monoisotopic (exact) mass is 298 g/mol. The second-order valence-corrected chi connectivity index (χ2v) is 4.93. The first-order valence-corrected chi connectivity index (χ1v) is 6.42. The van der Waals surface area contributed by atoms with Crippen LogP contribution in [-0.2, 0) is 11.0 Å². The van der Waals surface area contributed by atoms with E-state index in [1.807, 2.05) is 4.90 Å². The summed E-state index contributed by atoms with van der Waals surface area (Å²) < 4.78 is 38.1. The topological polar surface area (TPSA) is 48.5 Å². The van der Waals surface area contributed by atoms with E-state index in [1.54, 1.807) is 4.90 Å². The molecule has 1 aromatic rings. The number of piperazine rings is 1. The highest BCUT2D eigenvalue weighted by Gasteiger charge is 2.38. The molecule has 1 N–H and O–H groups in total. The molecule has 2 aliphatic heterocycles. The van der Waals surface area contributed by atoms with Gasteiger partial charge in [-0.3, -0.25) is 4.79 Å². The zero-order valence-electron chi connectivity index (χ0n) is 11.0. The normalized spacial score (nSPS) is 20.6. The van der Waals surface area contributed by atoms with Crippen LogP contribution in [0.25, 0.3) is 0 Å². The molecule has 1 amide bonds. The standard InChI is InChI=1S/C13H13F3N4O/c1-2-11(21)19-3-4-20-10(7-19)18-9-5-8(13(14,15)16)6-17-12(9)20/h2,5-6,10,18H,1,3-4,7H2/t10-/m0/s1. The van der Waals surface area contributed by atoms with Crippen molar-refractivity contribution in [3.63, 3.8) is 0 Å². The van der Waals surface area contributed by atoms with Gasteiger partial charge in [0.1, 0.15) is 6.17 Å². The SMILES string of the molecule is C=CC(=O)N1CCN2c3ncc(C(F)(F)F)cc3N[C@@H]2C1. The van der Waals surface area contributed by atoms with Crippen LogP contribution in [-0.4, -0.2) is 41.6 Å². The highest BCUT2D eigenvalue weighted by atomic mass is 19.4. The lowest BCUT2D eigenvalue weighted by Gasteiger charge is -2.37. The minimum Gasteiger partial charge on any atom is -0.361 e. The van der Waals surface area contributed by atoms with Crippen molar-refractivity contribution in [2.75, 3.05) is 29.9 Å². The zero-order chi connectivity index (χ0) is 15.2. The molecule has 0 aliphatic carbocycles. The summed E-state index contributed by atoms with van der Waals surface area (Å²) in [5.41, 5.74) is -0.435. The van der Waals surface area contributed by atoms with Gasteiger partial charge in [0, 0.05) is 19.3 Å². The number of hydrogen-bond acceptors (Lipinski definition) is 4. The molecular formula is C13H13F3N4O. The van der Waals surface area contributed by atoms with Crippen LogP contribution in [0.2, 0.25) is 0 Å². The van der Waals surface area contributed by atoms with Gasteiger partial charge in [0.2, 0.25) is 5.91 Å². The molecule has 5 nitrogen and oxygen atoms in total. The Balaban J connectivity index is 1.84. The van der Waals surface area contributed by atoms with Crippen LogP contribution in [0, 0.1) is 0 Å². The van der Waals surface area contributed by atoms with Crippen LogP contribution in [0.5, 0.6) is 0 Å². The number of alkyl halides is 3. The van der Waals surface area contributed by atoms with E-state index in [9.17, 15) is 18.0 Å². The maximum absolute atomic E-state index is 12.7. The van der Waals surface area contributed by atoms with Crippen LogP contribution in [0.1, 0.15) is 5.56 Å². The van der Waals surface area contributed by atoms with Gasteiger partial charge < -0.3 is 15.1 Å². The third-order valence-corrected chi connectivity index (χ3v) is 3.65. The number of carbonyl (C=O) groups excluding carboxylic acids is 1. The smallest absolute Gasteiger partial charge is 0.361 e. The van der Waals surface area contributed by atoms with Gasteiger partial charge in [-0.2, -0.15) is 13.2 Å². The molecule has 1 atom stereocenters. The molecule has 112 valence electrons. The number of rotatable bonds is 1. The molecule has 0 spiro atoms. The average molecular weight is 298 g/mol. The van der Waals surface area contributed by atoms with Gasteiger partial charge in [-0.15, -0.1) is 0 Å². The number of aromatic nitrogens is 1. The Labute approximate surface area is 119 Å². The van der Waals surface area contributed by atoms with Crippen LogP contribution in [0.15, 0.2) is 24.9 Å². The summed E-state index contributed by atoms with van der Waals surface area (Å²) in [6.07, 6.45) is -2.60. The zero-order valence-corrected chi connectivity index (χ0v) is 11.0. The van der Waals surface area contributed by atoms with Crippen molar-refractivity contribution in [3.8, 4) is 0 Å². The lowest BCUT2D eigenvalue weighted by Crippen LogP contribution is -2.55. The number of nitrogens with zero attached hydrogens (tertiary/aromatic N) is 3. The van der Waals surface area contributed by atoms with Gasteiger partial charge >= 0.3 is 6.18 Å². The summed E-state index contributed by atoms with van der Waals surface area (Å²) in [6.45, 7) is 4.82. The van der Waals surface area contributed by atoms with E-state index in [0.717, 1.165) is 12.3 Å². The average Bonchev–Trinajstić information content (AvgIpc) is 2.81. The molecule has 1 fully saturated rings. The molecule has 3 rings (SSSR count). The minimum atomic E-state index is -4.42. The van der Waals surface area contributed by atoms with Crippen LogP contribution in [0.4, 0.5) is 24.7 Å². The third-order valence-electron chi connectivity index (χ3n) is 3.65. The van der Waals surface area contributed by atoms with E-state index in [2.05, 4.69) is 16.9 Å². The molecular weight excluding hydrogens is 285 g/mol. The maximum Gasteiger partial charge on any atom is 0.417 e. The highest BCUT2D eigenvalue weighted by molar-refractivity contribution is 5.87. The summed E-state index contributed by atoms with van der Waals surface area (Å²) in [5.74, 6) is 0.315. The molecule has 0 saturated carbocycles. The van der Waals surface area contributed by atoms with E-state index in [4.69, 9.17) is 0 Å². The summed E-state index contributed by atoms with van der Waals surface area (Å²) >= 11 is 0. The molecule has 8 heteroatoms. The first-order chi connectivity index (χ1) is 9.90. The van der Waals surface area contributed by atoms with E-state index in [0.29, 0.717) is 31.1 Å². The van der Waals surface area contributed by atoms with Crippen LogP contribution in [0.3, 0.4) is 0 Å². The van der Waals surface area contributed by atoms with E-state index >= 15 is 0 Å². The predicted octanol–water partition coefficient (Wildman–Crippen LogP) is 1.69. The van der Waals surface area contributed by atoms with Crippen LogP contribution < -0.4 is 10.2 Å². The Hall–Kier alpha value is -2.25. The molecule has 2 aliphatic rings. The first-order valence-electron chi connectivity index (χ1n) is 6.42. The number of fused-ring (bicyclic) bond motifs is 3. The highest BCUT2D eigenvalue weighted by Crippen LogP contribution is 2.38. The Bertz CT molecular complexity index is 602. The van der Waals surface area contributed by atoms with Crippen molar-refractivity contribution in [2.45, 2.75) is 12.3 Å². The summed E-state index contributed by atoms with van der Waals surface area (Å²) in [7, 11) is 0. The fourth-order valence-electron chi connectivity index (χ4n) is 2.62. The number of carbonyl (C=O) groups is 1. The molecule has 0 unspecified atom stereocenters. The van der Waals surface area contributed by atoms with Gasteiger partial charge in [-0.25, -0.2) is 4.98 Å². The van der Waals surface area contributed by atoms with Crippen molar-refractivity contribution in [1.82, 2.24) is 9.88 Å². The van der Waals surface area contributed by atoms with Gasteiger partial charge in [0.05, 0.1) is 17.8 Å². The fraction of sp³-hybridized carbons (Fsp3) is 0.385. The lowest BCUT2D eigenvalue weighted by atomic mass is 10.2. The summed E-state index contributed by atoms with van der Waals surface area (Å²) in [5, 5.41) is 2.99. The number of nitrogens with one attached hydrogen (secondary N) is 1. The fourth-order valence-corrected chi connectivity index (χ4v) is 2.62. The quantitative estimate of drug-likeness (QED) is 0.802. The van der Waals surface area contributed by atoms with Gasteiger partial charge in [0.25, 0.3) is 0 Å². The van der Waals surface area contributed by atoms with Gasteiger partial charge in [-0.05, 0) is 12.1 Å². The second kappa shape index (κ2) is 4.64. The Morgan fingerprint density at radius 1 is 1.48 bits per heavy atom. The molecule has 0 aromatic carbocycles. The van der Waals surface area contributed by atoms with Crippen molar-refractivity contribution in [3.05, 3.63) is 30.5 Å². The third kappa shape index (κ3) is 2.30. The Kier molecular flexibility index (Phi) is 3.03. The van der Waals surface area contributed by atoms with Crippen molar-refractivity contribution < 1.29 is 18.0 Å². The molecule has 1 saturated heterocycles. The number of hydrogen-bond donors (Lipinski definition) is 1. The number of amides is 1. The van der Waals surface area contributed by atoms with E-state index < -0.39 is 11.7 Å². The van der Waals surface area contributed by atoms with E-state index in [-0.39, 0.29) is 12.1 Å². The predicted molar refractivity (Wildman–Crippen MR) is 70.8 cm³/mol. The van der Waals surface area contributed by atoms with Crippen molar-refractivity contribution >= 4 is 17.4 Å². The maximum atomic E-state index is 12.7. The van der Waals surface area contributed by atoms with Crippen molar-refractivity contribution in [2.24, 2.45) is 0 Å². The largest absolute Gasteiger partial charge is 0.417 e. The molecule has 1 aromatic heterocycles. The molecule has 3 heterocycles. The van der Waals surface area contributed by atoms with Crippen LogP contribution >= 0.6 is 0 Å². The molecule has 0 radical (unpaired) electrons. The number of halogens is 3.